The van der Waals surface area contributed by atoms with E-state index in [2.05, 4.69) is 27.5 Å². The zero-order chi connectivity index (χ0) is 13.7. The fourth-order valence-corrected chi connectivity index (χ4v) is 2.16. The van der Waals surface area contributed by atoms with Gasteiger partial charge >= 0.3 is 0 Å². The van der Waals surface area contributed by atoms with Gasteiger partial charge in [0.25, 0.3) is 5.91 Å². The van der Waals surface area contributed by atoms with Crippen molar-refractivity contribution in [1.29, 1.82) is 0 Å². The lowest BCUT2D eigenvalue weighted by Crippen LogP contribution is -2.13. The van der Waals surface area contributed by atoms with Crippen LogP contribution in [0.1, 0.15) is 29.5 Å². The minimum Gasteiger partial charge on any atom is -0.384 e. The largest absolute Gasteiger partial charge is 0.384 e. The summed E-state index contributed by atoms with van der Waals surface area (Å²) in [5, 5.41) is 8.42. The van der Waals surface area contributed by atoms with Crippen molar-refractivity contribution in [3.05, 3.63) is 35.1 Å². The number of amides is 1. The molecule has 0 aliphatic heterocycles. The van der Waals surface area contributed by atoms with Crippen LogP contribution in [0.4, 0.5) is 10.8 Å². The van der Waals surface area contributed by atoms with Crippen LogP contribution in [0.2, 0.25) is 0 Å². The van der Waals surface area contributed by atoms with Gasteiger partial charge in [0.15, 0.2) is 5.13 Å². The number of hydrogen-bond donors (Lipinski definition) is 2. The molecule has 2 aromatic heterocycles. The number of nitrogens with zero attached hydrogens (tertiary/aromatic N) is 2. The van der Waals surface area contributed by atoms with E-state index in [-0.39, 0.29) is 5.91 Å². The van der Waals surface area contributed by atoms with E-state index in [4.69, 9.17) is 0 Å². The Morgan fingerprint density at radius 2 is 2.26 bits per heavy atom. The van der Waals surface area contributed by atoms with E-state index in [1.807, 2.05) is 18.4 Å². The minimum absolute atomic E-state index is 0.239. The number of nitrogens with one attached hydrogen (secondary N) is 2. The molecule has 0 aliphatic rings. The average Bonchev–Trinajstić information content (AvgIpc) is 2.82. The zero-order valence-electron chi connectivity index (χ0n) is 10.9. The molecule has 0 aliphatic carbocycles. The third-order valence-electron chi connectivity index (χ3n) is 2.41. The van der Waals surface area contributed by atoms with Crippen molar-refractivity contribution in [2.45, 2.75) is 20.3 Å². The molecule has 2 heterocycles. The van der Waals surface area contributed by atoms with Crippen molar-refractivity contribution in [1.82, 2.24) is 9.97 Å². The Balaban J connectivity index is 1.99. The maximum atomic E-state index is 11.9. The van der Waals surface area contributed by atoms with Crippen molar-refractivity contribution in [2.75, 3.05) is 17.2 Å². The van der Waals surface area contributed by atoms with Gasteiger partial charge in [-0.3, -0.25) is 10.1 Å². The summed E-state index contributed by atoms with van der Waals surface area (Å²) in [4.78, 5) is 20.2. The van der Waals surface area contributed by atoms with Gasteiger partial charge in [-0.2, -0.15) is 0 Å². The predicted molar refractivity (Wildman–Crippen MR) is 77.8 cm³/mol. The van der Waals surface area contributed by atoms with Crippen molar-refractivity contribution in [3.63, 3.8) is 0 Å². The Hall–Kier alpha value is -1.95. The van der Waals surface area contributed by atoms with Gasteiger partial charge < -0.3 is 5.32 Å². The van der Waals surface area contributed by atoms with Crippen LogP contribution in [0.15, 0.2) is 23.7 Å². The lowest BCUT2D eigenvalue weighted by Gasteiger charge is -2.05. The van der Waals surface area contributed by atoms with Crippen molar-refractivity contribution in [3.8, 4) is 0 Å². The number of pyridine rings is 1. The highest BCUT2D eigenvalue weighted by molar-refractivity contribution is 7.13. The highest BCUT2D eigenvalue weighted by Crippen LogP contribution is 2.15. The minimum atomic E-state index is -0.239. The molecule has 5 nitrogen and oxygen atoms in total. The second kappa shape index (κ2) is 6.29. The van der Waals surface area contributed by atoms with Gasteiger partial charge in [0.2, 0.25) is 0 Å². The number of aromatic nitrogens is 2. The summed E-state index contributed by atoms with van der Waals surface area (Å²) in [6, 6.07) is 3.55. The van der Waals surface area contributed by atoms with Gasteiger partial charge in [-0.25, -0.2) is 9.97 Å². The van der Waals surface area contributed by atoms with Crippen LogP contribution in [0.25, 0.3) is 0 Å². The molecular formula is C13H16N4OS. The first-order valence-electron chi connectivity index (χ1n) is 6.12. The highest BCUT2D eigenvalue weighted by Gasteiger charge is 2.09. The van der Waals surface area contributed by atoms with Crippen LogP contribution in [0, 0.1) is 6.92 Å². The molecule has 0 saturated carbocycles. The maximum Gasteiger partial charge on any atom is 0.276 e. The fraction of sp³-hybridized carbons (Fsp3) is 0.308. The molecule has 0 unspecified atom stereocenters. The molecule has 1 amide bonds. The topological polar surface area (TPSA) is 66.9 Å². The summed E-state index contributed by atoms with van der Waals surface area (Å²) in [7, 11) is 0. The van der Waals surface area contributed by atoms with Crippen LogP contribution >= 0.6 is 11.3 Å². The van der Waals surface area contributed by atoms with Gasteiger partial charge in [-0.05, 0) is 25.5 Å². The molecule has 0 atom stereocenters. The fourth-order valence-electron chi connectivity index (χ4n) is 1.47. The summed E-state index contributed by atoms with van der Waals surface area (Å²) in [5.41, 5.74) is 2.20. The third kappa shape index (κ3) is 3.75. The van der Waals surface area contributed by atoms with Gasteiger partial charge in [-0.15, -0.1) is 11.3 Å². The van der Waals surface area contributed by atoms with Crippen molar-refractivity contribution in [2.24, 2.45) is 0 Å². The lowest BCUT2D eigenvalue weighted by molar-refractivity contribution is 0.102. The molecule has 2 rings (SSSR count). The number of rotatable bonds is 5. The van der Waals surface area contributed by atoms with E-state index in [9.17, 15) is 4.79 Å². The van der Waals surface area contributed by atoms with Crippen LogP contribution in [0.5, 0.6) is 0 Å². The summed E-state index contributed by atoms with van der Waals surface area (Å²) >= 11 is 1.40. The quantitative estimate of drug-likeness (QED) is 0.881. The molecule has 2 N–H and O–H groups in total. The number of carbonyl (C=O) groups excluding carboxylic acids is 1. The highest BCUT2D eigenvalue weighted by atomic mass is 32.1. The molecule has 100 valence electrons. The number of thiazole rings is 1. The van der Waals surface area contributed by atoms with E-state index in [1.165, 1.54) is 11.3 Å². The normalized spacial score (nSPS) is 10.2. The third-order valence-corrected chi connectivity index (χ3v) is 3.29. The second-order valence-corrected chi connectivity index (χ2v) is 4.97. The Morgan fingerprint density at radius 3 is 2.84 bits per heavy atom. The Labute approximate surface area is 116 Å². The molecule has 2 aromatic rings. The monoisotopic (exact) mass is 276 g/mol. The maximum absolute atomic E-state index is 11.9. The van der Waals surface area contributed by atoms with Crippen LogP contribution in [0.3, 0.4) is 0 Å². The number of carbonyl (C=O) groups is 1. The molecule has 0 radical (unpaired) electrons. The van der Waals surface area contributed by atoms with E-state index in [0.29, 0.717) is 10.8 Å². The average molecular weight is 276 g/mol. The lowest BCUT2D eigenvalue weighted by atomic mass is 10.3. The van der Waals surface area contributed by atoms with Gasteiger partial charge in [0.1, 0.15) is 5.69 Å². The van der Waals surface area contributed by atoms with Crippen LogP contribution < -0.4 is 10.6 Å². The van der Waals surface area contributed by atoms with E-state index < -0.39 is 0 Å². The van der Waals surface area contributed by atoms with E-state index in [1.54, 1.807) is 12.3 Å². The first-order valence-corrected chi connectivity index (χ1v) is 7.00. The summed E-state index contributed by atoms with van der Waals surface area (Å²) < 4.78 is 0. The van der Waals surface area contributed by atoms with Gasteiger partial charge in [-0.1, -0.05) is 6.92 Å². The predicted octanol–water partition coefficient (Wildman–Crippen LogP) is 2.92. The zero-order valence-corrected chi connectivity index (χ0v) is 11.8. The molecule has 0 bridgehead atoms. The standard InChI is InChI=1S/C13H16N4OS/c1-3-6-14-10-4-5-11(15-7-10)12(18)17-13-16-9(2)8-19-13/h4-5,7-8,14H,3,6H2,1-2H3,(H,16,17,18). The van der Waals surface area contributed by atoms with Gasteiger partial charge in [0, 0.05) is 11.9 Å². The van der Waals surface area contributed by atoms with Crippen molar-refractivity contribution < 1.29 is 4.79 Å². The van der Waals surface area contributed by atoms with Gasteiger partial charge in [0.05, 0.1) is 17.6 Å². The SMILES string of the molecule is CCCNc1ccc(C(=O)Nc2nc(C)cs2)nc1. The van der Waals surface area contributed by atoms with Crippen LogP contribution in [-0.4, -0.2) is 22.4 Å². The molecule has 0 aromatic carbocycles. The van der Waals surface area contributed by atoms with Crippen LogP contribution in [-0.2, 0) is 0 Å². The Kier molecular flexibility index (Phi) is 4.46. The van der Waals surface area contributed by atoms with Crippen molar-refractivity contribution >= 4 is 28.1 Å². The molecule has 0 fully saturated rings. The molecule has 6 heteroatoms. The summed E-state index contributed by atoms with van der Waals surface area (Å²) in [6.45, 7) is 4.88. The number of aryl methyl sites for hydroxylation is 1. The smallest absolute Gasteiger partial charge is 0.276 e. The molecule has 0 saturated heterocycles. The summed E-state index contributed by atoms with van der Waals surface area (Å²) in [6.07, 6.45) is 2.71. The Morgan fingerprint density at radius 1 is 1.42 bits per heavy atom. The first kappa shape index (κ1) is 13.5. The number of hydrogen-bond acceptors (Lipinski definition) is 5. The molecular weight excluding hydrogens is 260 g/mol. The first-order chi connectivity index (χ1) is 9.19. The second-order valence-electron chi connectivity index (χ2n) is 4.11. The van der Waals surface area contributed by atoms with E-state index >= 15 is 0 Å². The van der Waals surface area contributed by atoms with E-state index in [0.717, 1.165) is 24.3 Å². The molecule has 0 spiro atoms. The Bertz CT molecular complexity index is 550. The number of anilines is 2. The summed E-state index contributed by atoms with van der Waals surface area (Å²) in [5.74, 6) is -0.239. The molecule has 19 heavy (non-hydrogen) atoms.